The molecular weight excluding hydrogens is 489 g/mol. The summed E-state index contributed by atoms with van der Waals surface area (Å²) in [5.74, 6) is 0.909. The minimum Gasteiger partial charge on any atom is -0.383 e. The van der Waals surface area contributed by atoms with Crippen LogP contribution in [0.5, 0.6) is 0 Å². The van der Waals surface area contributed by atoms with Gasteiger partial charge in [0.25, 0.3) is 0 Å². The van der Waals surface area contributed by atoms with Crippen LogP contribution in [0.3, 0.4) is 0 Å². The van der Waals surface area contributed by atoms with E-state index in [-0.39, 0.29) is 24.0 Å². The molecule has 0 radical (unpaired) electrons. The van der Waals surface area contributed by atoms with Gasteiger partial charge in [-0.2, -0.15) is 0 Å². The number of nitrogens with one attached hydrogen (secondary N) is 2. The number of rotatable bonds is 10. The molecule has 1 aromatic carbocycles. The maximum absolute atomic E-state index is 5.25. The predicted molar refractivity (Wildman–Crippen MR) is 136 cm³/mol. The molecule has 0 saturated carbocycles. The summed E-state index contributed by atoms with van der Waals surface area (Å²) in [4.78, 5) is 9.87. The standard InChI is InChI=1S/C23H39N5O.HI/c1-3-24-23(26-18-22-7-6-14-28(22)15-16-29-2)25-17-20-8-10-21(11-9-20)19-27-12-4-5-13-27;/h8-11,22H,3-7,12-19H2,1-2H3,(H2,24,25,26);1H. The molecule has 2 aliphatic rings. The largest absolute Gasteiger partial charge is 0.383 e. The Morgan fingerprint density at radius 2 is 1.80 bits per heavy atom. The lowest BCUT2D eigenvalue weighted by atomic mass is 10.1. The van der Waals surface area contributed by atoms with E-state index in [1.54, 1.807) is 7.11 Å². The van der Waals surface area contributed by atoms with E-state index in [2.05, 4.69) is 51.6 Å². The molecule has 0 aliphatic carbocycles. The van der Waals surface area contributed by atoms with E-state index in [4.69, 9.17) is 9.73 Å². The molecule has 2 aliphatic heterocycles. The molecule has 0 spiro atoms. The zero-order chi connectivity index (χ0) is 20.3. The van der Waals surface area contributed by atoms with Gasteiger partial charge in [0.2, 0.25) is 0 Å². The minimum absolute atomic E-state index is 0. The zero-order valence-electron chi connectivity index (χ0n) is 18.7. The molecule has 2 saturated heterocycles. The number of likely N-dealkylation sites (tertiary alicyclic amines) is 2. The molecule has 170 valence electrons. The quantitative estimate of drug-likeness (QED) is 0.277. The van der Waals surface area contributed by atoms with Crippen LogP contribution < -0.4 is 10.6 Å². The molecule has 1 aromatic rings. The third kappa shape index (κ3) is 8.32. The second-order valence-electron chi connectivity index (χ2n) is 8.20. The maximum Gasteiger partial charge on any atom is 0.191 e. The lowest BCUT2D eigenvalue weighted by molar-refractivity contribution is 0.141. The first-order chi connectivity index (χ1) is 14.3. The van der Waals surface area contributed by atoms with Gasteiger partial charge in [0, 0.05) is 39.3 Å². The van der Waals surface area contributed by atoms with Gasteiger partial charge in [0.15, 0.2) is 5.96 Å². The summed E-state index contributed by atoms with van der Waals surface area (Å²) in [7, 11) is 1.78. The van der Waals surface area contributed by atoms with E-state index in [9.17, 15) is 0 Å². The monoisotopic (exact) mass is 529 g/mol. The van der Waals surface area contributed by atoms with E-state index >= 15 is 0 Å². The van der Waals surface area contributed by atoms with Crippen molar-refractivity contribution in [3.8, 4) is 0 Å². The smallest absolute Gasteiger partial charge is 0.191 e. The zero-order valence-corrected chi connectivity index (χ0v) is 21.1. The summed E-state index contributed by atoms with van der Waals surface area (Å²) in [6, 6.07) is 9.54. The molecule has 0 bridgehead atoms. The van der Waals surface area contributed by atoms with Crippen molar-refractivity contribution in [1.82, 2.24) is 20.4 Å². The fraction of sp³-hybridized carbons (Fsp3) is 0.696. The number of benzene rings is 1. The van der Waals surface area contributed by atoms with Crippen molar-refractivity contribution in [3.05, 3.63) is 35.4 Å². The Hall–Kier alpha value is -0.900. The second kappa shape index (κ2) is 14.2. The first-order valence-electron chi connectivity index (χ1n) is 11.3. The highest BCUT2D eigenvalue weighted by Gasteiger charge is 2.23. The number of halogens is 1. The van der Waals surface area contributed by atoms with Crippen molar-refractivity contribution in [2.75, 3.05) is 53.0 Å². The van der Waals surface area contributed by atoms with Crippen LogP contribution in [0.1, 0.15) is 43.7 Å². The lowest BCUT2D eigenvalue weighted by Gasteiger charge is -2.25. The third-order valence-corrected chi connectivity index (χ3v) is 5.98. The Morgan fingerprint density at radius 3 is 2.50 bits per heavy atom. The van der Waals surface area contributed by atoms with E-state index in [0.717, 1.165) is 38.7 Å². The summed E-state index contributed by atoms with van der Waals surface area (Å²) in [6.45, 7) is 11.2. The summed E-state index contributed by atoms with van der Waals surface area (Å²) in [5, 5.41) is 6.93. The lowest BCUT2D eigenvalue weighted by Crippen LogP contribution is -2.45. The van der Waals surface area contributed by atoms with Crippen molar-refractivity contribution < 1.29 is 4.74 Å². The van der Waals surface area contributed by atoms with E-state index in [1.165, 1.54) is 56.4 Å². The highest BCUT2D eigenvalue weighted by Crippen LogP contribution is 2.16. The number of aliphatic imine (C=N–C) groups is 1. The average Bonchev–Trinajstić information content (AvgIpc) is 3.41. The average molecular weight is 530 g/mol. The maximum atomic E-state index is 5.25. The molecule has 1 unspecified atom stereocenters. The number of guanidine groups is 1. The number of ether oxygens (including phenoxy) is 1. The van der Waals surface area contributed by atoms with Gasteiger partial charge in [0.1, 0.15) is 0 Å². The van der Waals surface area contributed by atoms with Crippen LogP contribution in [0.15, 0.2) is 29.3 Å². The Morgan fingerprint density at radius 1 is 1.07 bits per heavy atom. The van der Waals surface area contributed by atoms with Crippen molar-refractivity contribution in [3.63, 3.8) is 0 Å². The van der Waals surface area contributed by atoms with E-state index in [0.29, 0.717) is 12.6 Å². The molecule has 0 amide bonds. The topological polar surface area (TPSA) is 52.1 Å². The summed E-state index contributed by atoms with van der Waals surface area (Å²) in [5.41, 5.74) is 2.66. The van der Waals surface area contributed by atoms with Crippen LogP contribution in [0, 0.1) is 0 Å². The van der Waals surface area contributed by atoms with Gasteiger partial charge < -0.3 is 15.4 Å². The molecule has 3 rings (SSSR count). The van der Waals surface area contributed by atoms with Crippen molar-refractivity contribution in [2.45, 2.75) is 51.7 Å². The van der Waals surface area contributed by atoms with Gasteiger partial charge in [-0.15, -0.1) is 24.0 Å². The molecule has 30 heavy (non-hydrogen) atoms. The van der Waals surface area contributed by atoms with Crippen LogP contribution in [-0.4, -0.2) is 74.8 Å². The van der Waals surface area contributed by atoms with Crippen LogP contribution in [0.25, 0.3) is 0 Å². The van der Waals surface area contributed by atoms with Gasteiger partial charge >= 0.3 is 0 Å². The van der Waals surface area contributed by atoms with Crippen molar-refractivity contribution >= 4 is 29.9 Å². The van der Waals surface area contributed by atoms with Crippen LogP contribution in [-0.2, 0) is 17.8 Å². The first kappa shape index (κ1) is 25.4. The molecule has 1 atom stereocenters. The van der Waals surface area contributed by atoms with Gasteiger partial charge in [-0.3, -0.25) is 9.80 Å². The predicted octanol–water partition coefficient (Wildman–Crippen LogP) is 3.07. The van der Waals surface area contributed by atoms with Crippen LogP contribution in [0.2, 0.25) is 0 Å². The van der Waals surface area contributed by atoms with Gasteiger partial charge in [-0.1, -0.05) is 24.3 Å². The Bertz CT molecular complexity index is 619. The van der Waals surface area contributed by atoms with Gasteiger partial charge in [-0.25, -0.2) is 4.99 Å². The molecular formula is C23H40IN5O. The summed E-state index contributed by atoms with van der Waals surface area (Å²) in [6.07, 6.45) is 5.21. The number of hydrogen-bond acceptors (Lipinski definition) is 4. The number of hydrogen-bond donors (Lipinski definition) is 2. The fourth-order valence-corrected chi connectivity index (χ4v) is 4.30. The molecule has 0 aromatic heterocycles. The molecule has 2 fully saturated rings. The second-order valence-corrected chi connectivity index (χ2v) is 8.20. The van der Waals surface area contributed by atoms with E-state index < -0.39 is 0 Å². The SMILES string of the molecule is CCNC(=NCc1ccc(CN2CCCC2)cc1)NCC1CCCN1CCOC.I. The van der Waals surface area contributed by atoms with E-state index in [1.807, 2.05) is 0 Å². The van der Waals surface area contributed by atoms with Crippen molar-refractivity contribution in [2.24, 2.45) is 4.99 Å². The molecule has 6 nitrogen and oxygen atoms in total. The fourth-order valence-electron chi connectivity index (χ4n) is 4.30. The molecule has 7 heteroatoms. The van der Waals surface area contributed by atoms with Crippen LogP contribution >= 0.6 is 24.0 Å². The van der Waals surface area contributed by atoms with Gasteiger partial charge in [-0.05, 0) is 63.4 Å². The van der Waals surface area contributed by atoms with Crippen LogP contribution in [0.4, 0.5) is 0 Å². The summed E-state index contributed by atoms with van der Waals surface area (Å²) < 4.78 is 5.25. The number of nitrogens with zero attached hydrogens (tertiary/aromatic N) is 3. The Balaban J connectivity index is 0.00000320. The Labute approximate surface area is 199 Å². The molecule has 2 heterocycles. The highest BCUT2D eigenvalue weighted by atomic mass is 127. The van der Waals surface area contributed by atoms with Gasteiger partial charge in [0.05, 0.1) is 13.2 Å². The third-order valence-electron chi connectivity index (χ3n) is 5.98. The highest BCUT2D eigenvalue weighted by molar-refractivity contribution is 14.0. The summed E-state index contributed by atoms with van der Waals surface area (Å²) >= 11 is 0. The van der Waals surface area contributed by atoms with Crippen molar-refractivity contribution in [1.29, 1.82) is 0 Å². The minimum atomic E-state index is 0. The molecule has 2 N–H and O–H groups in total. The number of methoxy groups -OCH3 is 1. The normalized spacial score (nSPS) is 20.3. The first-order valence-corrected chi connectivity index (χ1v) is 11.3. The Kier molecular flexibility index (Phi) is 12.0.